The van der Waals surface area contributed by atoms with E-state index in [1.807, 2.05) is 20.8 Å². The molecule has 0 radical (unpaired) electrons. The highest BCUT2D eigenvalue weighted by atomic mass is 16.2. The maximum atomic E-state index is 12.4. The van der Waals surface area contributed by atoms with Crippen LogP contribution in [0.5, 0.6) is 0 Å². The minimum atomic E-state index is -0.826. The summed E-state index contributed by atoms with van der Waals surface area (Å²) in [5, 5.41) is 12.5. The van der Waals surface area contributed by atoms with E-state index in [1.165, 1.54) is 0 Å². The molecule has 0 aromatic carbocycles. The Morgan fingerprint density at radius 1 is 1.21 bits per heavy atom. The van der Waals surface area contributed by atoms with Crippen LogP contribution in [0.4, 0.5) is 0 Å². The quantitative estimate of drug-likeness (QED) is 0.685. The molecule has 1 amide bonds. The fourth-order valence-corrected chi connectivity index (χ4v) is 2.56. The molecule has 0 aromatic heterocycles. The number of hydrogen-bond donors (Lipinski definition) is 1. The van der Waals surface area contributed by atoms with Crippen LogP contribution in [0, 0.1) is 22.7 Å². The standard InChI is InChI=1S/C16H30N2O/c1-6-9-16(12-17,10-7-2)15(19)18-14(5)11-13(4)8-3/h13-14H,6-11H2,1-5H3,(H,18,19). The number of nitrogens with zero attached hydrogens (tertiary/aromatic N) is 1. The van der Waals surface area contributed by atoms with E-state index >= 15 is 0 Å². The van der Waals surface area contributed by atoms with E-state index in [1.54, 1.807) is 0 Å². The number of rotatable bonds is 9. The summed E-state index contributed by atoms with van der Waals surface area (Å²) in [6, 6.07) is 2.42. The van der Waals surface area contributed by atoms with E-state index in [0.29, 0.717) is 18.8 Å². The fourth-order valence-electron chi connectivity index (χ4n) is 2.56. The van der Waals surface area contributed by atoms with Gasteiger partial charge in [0.15, 0.2) is 0 Å². The number of amides is 1. The van der Waals surface area contributed by atoms with E-state index in [2.05, 4.69) is 25.2 Å². The molecule has 0 saturated heterocycles. The van der Waals surface area contributed by atoms with E-state index in [-0.39, 0.29) is 11.9 Å². The first-order chi connectivity index (χ1) is 8.95. The summed E-state index contributed by atoms with van der Waals surface area (Å²) in [6.45, 7) is 10.4. The van der Waals surface area contributed by atoms with Crippen LogP contribution in [-0.4, -0.2) is 11.9 Å². The van der Waals surface area contributed by atoms with E-state index in [0.717, 1.165) is 25.7 Å². The SMILES string of the molecule is CCCC(C#N)(CCC)C(=O)NC(C)CC(C)CC. The van der Waals surface area contributed by atoms with Crippen molar-refractivity contribution < 1.29 is 4.79 Å². The first-order valence-corrected chi connectivity index (χ1v) is 7.67. The van der Waals surface area contributed by atoms with Crippen molar-refractivity contribution in [3.63, 3.8) is 0 Å². The molecule has 0 spiro atoms. The van der Waals surface area contributed by atoms with Crippen LogP contribution in [0.15, 0.2) is 0 Å². The Balaban J connectivity index is 4.69. The average Bonchev–Trinajstić information content (AvgIpc) is 2.37. The summed E-state index contributed by atoms with van der Waals surface area (Å²) in [5.74, 6) is 0.527. The number of carbonyl (C=O) groups is 1. The van der Waals surface area contributed by atoms with Gasteiger partial charge in [0.05, 0.1) is 6.07 Å². The molecule has 0 saturated carbocycles. The van der Waals surface area contributed by atoms with Crippen LogP contribution < -0.4 is 5.32 Å². The van der Waals surface area contributed by atoms with Gasteiger partial charge in [0.25, 0.3) is 0 Å². The summed E-state index contributed by atoms with van der Waals surface area (Å²) >= 11 is 0. The summed E-state index contributed by atoms with van der Waals surface area (Å²) in [6.07, 6.45) is 5.12. The fraction of sp³-hybridized carbons (Fsp3) is 0.875. The predicted molar refractivity (Wildman–Crippen MR) is 79.5 cm³/mol. The number of nitriles is 1. The summed E-state index contributed by atoms with van der Waals surface area (Å²) in [4.78, 5) is 12.4. The third kappa shape index (κ3) is 5.63. The Labute approximate surface area is 118 Å². The molecule has 0 rings (SSSR count). The second-order valence-electron chi connectivity index (χ2n) is 5.82. The molecule has 19 heavy (non-hydrogen) atoms. The van der Waals surface area contributed by atoms with Crippen LogP contribution in [0.2, 0.25) is 0 Å². The van der Waals surface area contributed by atoms with Gasteiger partial charge in [-0.15, -0.1) is 0 Å². The van der Waals surface area contributed by atoms with Crippen LogP contribution >= 0.6 is 0 Å². The van der Waals surface area contributed by atoms with Crippen molar-refractivity contribution in [2.45, 2.75) is 79.2 Å². The van der Waals surface area contributed by atoms with Gasteiger partial charge in [0.1, 0.15) is 5.41 Å². The van der Waals surface area contributed by atoms with Gasteiger partial charge in [-0.05, 0) is 32.1 Å². The molecular formula is C16H30N2O. The van der Waals surface area contributed by atoms with Crippen molar-refractivity contribution in [3.8, 4) is 6.07 Å². The Kier molecular flexibility index (Phi) is 8.47. The highest BCUT2D eigenvalue weighted by Gasteiger charge is 2.37. The summed E-state index contributed by atoms with van der Waals surface area (Å²) in [5.41, 5.74) is -0.826. The lowest BCUT2D eigenvalue weighted by molar-refractivity contribution is -0.129. The second kappa shape index (κ2) is 8.96. The molecule has 0 heterocycles. The van der Waals surface area contributed by atoms with Crippen LogP contribution in [0.1, 0.15) is 73.1 Å². The van der Waals surface area contributed by atoms with Gasteiger partial charge >= 0.3 is 0 Å². The minimum absolute atomic E-state index is 0.0745. The van der Waals surface area contributed by atoms with E-state index < -0.39 is 5.41 Å². The Bertz CT molecular complexity index is 300. The monoisotopic (exact) mass is 266 g/mol. The lowest BCUT2D eigenvalue weighted by Crippen LogP contribution is -2.44. The largest absolute Gasteiger partial charge is 0.352 e. The summed E-state index contributed by atoms with van der Waals surface area (Å²) < 4.78 is 0. The topological polar surface area (TPSA) is 52.9 Å². The Morgan fingerprint density at radius 2 is 1.74 bits per heavy atom. The molecule has 3 nitrogen and oxygen atoms in total. The van der Waals surface area contributed by atoms with Gasteiger partial charge in [-0.2, -0.15) is 5.26 Å². The maximum Gasteiger partial charge on any atom is 0.240 e. The van der Waals surface area contributed by atoms with Crippen LogP contribution in [-0.2, 0) is 4.79 Å². The molecule has 0 bridgehead atoms. The van der Waals surface area contributed by atoms with Crippen molar-refractivity contribution in [3.05, 3.63) is 0 Å². The molecule has 1 N–H and O–H groups in total. The normalized spacial score (nSPS) is 14.5. The third-order valence-electron chi connectivity index (χ3n) is 3.83. The molecular weight excluding hydrogens is 236 g/mol. The lowest BCUT2D eigenvalue weighted by atomic mass is 9.79. The highest BCUT2D eigenvalue weighted by Crippen LogP contribution is 2.29. The van der Waals surface area contributed by atoms with Gasteiger partial charge in [-0.3, -0.25) is 4.79 Å². The van der Waals surface area contributed by atoms with E-state index in [4.69, 9.17) is 0 Å². The third-order valence-corrected chi connectivity index (χ3v) is 3.83. The second-order valence-corrected chi connectivity index (χ2v) is 5.82. The zero-order chi connectivity index (χ0) is 14.9. The van der Waals surface area contributed by atoms with Crippen molar-refractivity contribution in [1.82, 2.24) is 5.32 Å². The molecule has 0 aromatic rings. The van der Waals surface area contributed by atoms with Crippen molar-refractivity contribution in [2.24, 2.45) is 11.3 Å². The molecule has 2 atom stereocenters. The molecule has 0 fully saturated rings. The predicted octanol–water partition coefficient (Wildman–Crippen LogP) is 4.04. The van der Waals surface area contributed by atoms with Gasteiger partial charge in [0.2, 0.25) is 5.91 Å². The molecule has 3 heteroatoms. The average molecular weight is 266 g/mol. The van der Waals surface area contributed by atoms with Gasteiger partial charge in [0, 0.05) is 6.04 Å². The zero-order valence-corrected chi connectivity index (χ0v) is 13.3. The van der Waals surface area contributed by atoms with Crippen molar-refractivity contribution in [1.29, 1.82) is 5.26 Å². The summed E-state index contributed by atoms with van der Waals surface area (Å²) in [7, 11) is 0. The minimum Gasteiger partial charge on any atom is -0.352 e. The van der Waals surface area contributed by atoms with Crippen molar-refractivity contribution >= 4 is 5.91 Å². The highest BCUT2D eigenvalue weighted by molar-refractivity contribution is 5.85. The molecule has 110 valence electrons. The number of hydrogen-bond acceptors (Lipinski definition) is 2. The first kappa shape index (κ1) is 18.0. The van der Waals surface area contributed by atoms with Crippen molar-refractivity contribution in [2.75, 3.05) is 0 Å². The Morgan fingerprint density at radius 3 is 2.11 bits per heavy atom. The van der Waals surface area contributed by atoms with Crippen LogP contribution in [0.25, 0.3) is 0 Å². The van der Waals surface area contributed by atoms with Gasteiger partial charge in [-0.1, -0.05) is 47.0 Å². The number of nitrogens with one attached hydrogen (secondary N) is 1. The smallest absolute Gasteiger partial charge is 0.240 e. The molecule has 0 aliphatic rings. The first-order valence-electron chi connectivity index (χ1n) is 7.67. The van der Waals surface area contributed by atoms with Gasteiger partial charge in [-0.25, -0.2) is 0 Å². The Hall–Kier alpha value is -1.04. The number of carbonyl (C=O) groups excluding carboxylic acids is 1. The molecule has 2 unspecified atom stereocenters. The van der Waals surface area contributed by atoms with Gasteiger partial charge < -0.3 is 5.32 Å². The van der Waals surface area contributed by atoms with E-state index in [9.17, 15) is 10.1 Å². The maximum absolute atomic E-state index is 12.4. The van der Waals surface area contributed by atoms with Crippen LogP contribution in [0.3, 0.4) is 0 Å². The lowest BCUT2D eigenvalue weighted by Gasteiger charge is -2.27. The molecule has 0 aliphatic carbocycles. The zero-order valence-electron chi connectivity index (χ0n) is 13.3. The molecule has 0 aliphatic heterocycles.